The third kappa shape index (κ3) is 3.57. The van der Waals surface area contributed by atoms with Gasteiger partial charge in [0, 0.05) is 12.6 Å². The van der Waals surface area contributed by atoms with Crippen LogP contribution in [-0.2, 0) is 6.54 Å². The lowest BCUT2D eigenvalue weighted by atomic mass is 10.2. The van der Waals surface area contributed by atoms with Crippen molar-refractivity contribution in [1.29, 1.82) is 0 Å². The molecular formula is C15H12F2N6O2. The van der Waals surface area contributed by atoms with E-state index in [4.69, 9.17) is 0 Å². The first kappa shape index (κ1) is 16.4. The SMILES string of the molecule is O=C(NCCn1nc(-n2cncn2)ccc1=O)c1c(F)cccc1F. The largest absolute Gasteiger partial charge is 0.350 e. The Morgan fingerprint density at radius 2 is 1.92 bits per heavy atom. The number of halogens is 2. The van der Waals surface area contributed by atoms with Gasteiger partial charge >= 0.3 is 0 Å². The quantitative estimate of drug-likeness (QED) is 0.727. The molecule has 128 valence electrons. The predicted molar refractivity (Wildman–Crippen MR) is 82.1 cm³/mol. The van der Waals surface area contributed by atoms with Crippen LogP contribution >= 0.6 is 0 Å². The molecule has 1 amide bonds. The first-order chi connectivity index (χ1) is 12.1. The second-order valence-corrected chi connectivity index (χ2v) is 4.95. The van der Waals surface area contributed by atoms with E-state index in [0.717, 1.165) is 16.8 Å². The molecule has 0 aliphatic carbocycles. The fourth-order valence-corrected chi connectivity index (χ4v) is 2.13. The number of nitrogens with zero attached hydrogens (tertiary/aromatic N) is 5. The number of carbonyl (C=O) groups excluding carboxylic acids is 1. The molecule has 8 nitrogen and oxygen atoms in total. The van der Waals surface area contributed by atoms with Crippen LogP contribution in [0.1, 0.15) is 10.4 Å². The summed E-state index contributed by atoms with van der Waals surface area (Å²) in [6.45, 7) is -0.0243. The van der Waals surface area contributed by atoms with Crippen molar-refractivity contribution in [3.05, 3.63) is 70.5 Å². The Hall–Kier alpha value is -3.43. The van der Waals surface area contributed by atoms with Crippen LogP contribution < -0.4 is 10.9 Å². The Labute approximate surface area is 139 Å². The maximum Gasteiger partial charge on any atom is 0.266 e. The van der Waals surface area contributed by atoms with Gasteiger partial charge in [0.25, 0.3) is 11.5 Å². The van der Waals surface area contributed by atoms with Crippen LogP contribution in [0.5, 0.6) is 0 Å². The zero-order valence-electron chi connectivity index (χ0n) is 12.8. The predicted octanol–water partition coefficient (Wildman–Crippen LogP) is 0.532. The number of nitrogens with one attached hydrogen (secondary N) is 1. The van der Waals surface area contributed by atoms with Crippen molar-refractivity contribution in [3.63, 3.8) is 0 Å². The van der Waals surface area contributed by atoms with E-state index in [2.05, 4.69) is 20.5 Å². The highest BCUT2D eigenvalue weighted by atomic mass is 19.1. The van der Waals surface area contributed by atoms with E-state index in [1.165, 1.54) is 35.5 Å². The van der Waals surface area contributed by atoms with Crippen molar-refractivity contribution in [2.24, 2.45) is 0 Å². The standard InChI is InChI=1S/C15H12F2N6O2/c16-10-2-1-3-11(17)14(10)15(25)19-6-7-22-13(24)5-4-12(21-22)23-9-18-8-20-23/h1-5,8-9H,6-7H2,(H,19,25). The Morgan fingerprint density at radius 1 is 1.16 bits per heavy atom. The van der Waals surface area contributed by atoms with Gasteiger partial charge in [0.15, 0.2) is 5.82 Å². The van der Waals surface area contributed by atoms with E-state index >= 15 is 0 Å². The Balaban J connectivity index is 1.69. The molecule has 2 aromatic heterocycles. The summed E-state index contributed by atoms with van der Waals surface area (Å²) in [5.74, 6) is -2.46. The van der Waals surface area contributed by atoms with Crippen LogP contribution in [0.3, 0.4) is 0 Å². The topological polar surface area (TPSA) is 94.7 Å². The van der Waals surface area contributed by atoms with Crippen molar-refractivity contribution in [2.45, 2.75) is 6.54 Å². The van der Waals surface area contributed by atoms with E-state index < -0.39 is 28.7 Å². The Kier molecular flexibility index (Phi) is 4.59. The van der Waals surface area contributed by atoms with Gasteiger partial charge in [0.1, 0.15) is 29.9 Å². The van der Waals surface area contributed by atoms with E-state index in [1.54, 1.807) is 0 Å². The molecule has 0 atom stereocenters. The highest BCUT2D eigenvalue weighted by Crippen LogP contribution is 2.11. The number of aromatic nitrogens is 5. The Morgan fingerprint density at radius 3 is 2.60 bits per heavy atom. The molecular weight excluding hydrogens is 334 g/mol. The molecule has 3 rings (SSSR count). The van der Waals surface area contributed by atoms with Crippen molar-refractivity contribution in [3.8, 4) is 5.82 Å². The van der Waals surface area contributed by atoms with Crippen LogP contribution in [0, 0.1) is 11.6 Å². The zero-order valence-corrected chi connectivity index (χ0v) is 12.8. The lowest BCUT2D eigenvalue weighted by Gasteiger charge is -2.09. The van der Waals surface area contributed by atoms with E-state index in [0.29, 0.717) is 5.82 Å². The number of carbonyl (C=O) groups is 1. The molecule has 0 aliphatic rings. The third-order valence-corrected chi connectivity index (χ3v) is 3.31. The minimum Gasteiger partial charge on any atom is -0.350 e. The molecule has 0 unspecified atom stereocenters. The lowest BCUT2D eigenvalue weighted by molar-refractivity contribution is 0.0943. The van der Waals surface area contributed by atoms with Crippen molar-refractivity contribution < 1.29 is 13.6 Å². The first-order valence-corrected chi connectivity index (χ1v) is 7.21. The molecule has 2 heterocycles. The normalized spacial score (nSPS) is 10.6. The second kappa shape index (κ2) is 6.99. The lowest BCUT2D eigenvalue weighted by Crippen LogP contribution is -2.33. The van der Waals surface area contributed by atoms with Gasteiger partial charge in [-0.15, -0.1) is 5.10 Å². The molecule has 1 N–H and O–H groups in total. The van der Waals surface area contributed by atoms with Gasteiger partial charge in [-0.1, -0.05) is 6.07 Å². The minimum atomic E-state index is -0.957. The monoisotopic (exact) mass is 346 g/mol. The molecule has 0 saturated heterocycles. The summed E-state index contributed by atoms with van der Waals surface area (Å²) in [6, 6.07) is 5.92. The maximum absolute atomic E-state index is 13.5. The molecule has 25 heavy (non-hydrogen) atoms. The number of rotatable bonds is 5. The summed E-state index contributed by atoms with van der Waals surface area (Å²) in [7, 11) is 0. The molecule has 0 saturated carbocycles. The molecule has 3 aromatic rings. The summed E-state index contributed by atoms with van der Waals surface area (Å²) in [5, 5.41) is 10.3. The number of hydrogen-bond donors (Lipinski definition) is 1. The van der Waals surface area contributed by atoms with Crippen molar-refractivity contribution in [1.82, 2.24) is 29.9 Å². The van der Waals surface area contributed by atoms with Gasteiger partial charge in [-0.3, -0.25) is 9.59 Å². The molecule has 0 bridgehead atoms. The Bertz CT molecular complexity index is 935. The van der Waals surface area contributed by atoms with Crippen molar-refractivity contribution in [2.75, 3.05) is 6.54 Å². The van der Waals surface area contributed by atoms with Gasteiger partial charge in [-0.2, -0.15) is 5.10 Å². The smallest absolute Gasteiger partial charge is 0.266 e. The maximum atomic E-state index is 13.5. The molecule has 0 fully saturated rings. The van der Waals surface area contributed by atoms with Crippen LogP contribution in [0.25, 0.3) is 5.82 Å². The number of benzene rings is 1. The van der Waals surface area contributed by atoms with E-state index in [-0.39, 0.29) is 13.1 Å². The highest BCUT2D eigenvalue weighted by molar-refractivity contribution is 5.94. The van der Waals surface area contributed by atoms with Gasteiger partial charge in [-0.25, -0.2) is 23.1 Å². The van der Waals surface area contributed by atoms with Crippen molar-refractivity contribution >= 4 is 5.91 Å². The molecule has 0 aliphatic heterocycles. The fraction of sp³-hybridized carbons (Fsp3) is 0.133. The van der Waals surface area contributed by atoms with Gasteiger partial charge in [0.05, 0.1) is 6.54 Å². The number of hydrogen-bond acceptors (Lipinski definition) is 5. The summed E-state index contributed by atoms with van der Waals surface area (Å²) in [6.07, 6.45) is 2.74. The first-order valence-electron chi connectivity index (χ1n) is 7.21. The zero-order chi connectivity index (χ0) is 17.8. The minimum absolute atomic E-state index is 0.0170. The van der Waals surface area contributed by atoms with E-state index in [9.17, 15) is 18.4 Å². The van der Waals surface area contributed by atoms with Crippen LogP contribution in [0.15, 0.2) is 47.8 Å². The summed E-state index contributed by atoms with van der Waals surface area (Å²) >= 11 is 0. The fourth-order valence-electron chi connectivity index (χ4n) is 2.13. The molecule has 1 aromatic carbocycles. The molecule has 10 heteroatoms. The van der Waals surface area contributed by atoms with Gasteiger partial charge in [-0.05, 0) is 18.2 Å². The summed E-state index contributed by atoms with van der Waals surface area (Å²) in [4.78, 5) is 27.5. The van der Waals surface area contributed by atoms with E-state index in [1.807, 2.05) is 0 Å². The summed E-state index contributed by atoms with van der Waals surface area (Å²) < 4.78 is 29.6. The van der Waals surface area contributed by atoms with Gasteiger partial charge in [0.2, 0.25) is 0 Å². The number of amides is 1. The third-order valence-electron chi connectivity index (χ3n) is 3.31. The highest BCUT2D eigenvalue weighted by Gasteiger charge is 2.16. The molecule has 0 radical (unpaired) electrons. The second-order valence-electron chi connectivity index (χ2n) is 4.95. The van der Waals surface area contributed by atoms with Crippen LogP contribution in [0.2, 0.25) is 0 Å². The van der Waals surface area contributed by atoms with Gasteiger partial charge < -0.3 is 5.32 Å². The average molecular weight is 346 g/mol. The van der Waals surface area contributed by atoms with Crippen LogP contribution in [0.4, 0.5) is 8.78 Å². The summed E-state index contributed by atoms with van der Waals surface area (Å²) in [5.41, 5.74) is -1.06. The average Bonchev–Trinajstić information content (AvgIpc) is 3.11. The van der Waals surface area contributed by atoms with Crippen LogP contribution in [-0.4, -0.2) is 37.0 Å². The molecule has 0 spiro atoms.